The third-order valence-corrected chi connectivity index (χ3v) is 7.26. The number of fused-ring (bicyclic) bond motifs is 1. The van der Waals surface area contributed by atoms with Gasteiger partial charge in [0.05, 0.1) is 11.9 Å². The maximum atomic E-state index is 6.21. The summed E-state index contributed by atoms with van der Waals surface area (Å²) >= 11 is 6.18. The molecular weight excluding hydrogens is 406 g/mol. The van der Waals surface area contributed by atoms with Crippen molar-refractivity contribution in [2.24, 2.45) is 4.99 Å². The Labute approximate surface area is 190 Å². The van der Waals surface area contributed by atoms with Crippen molar-refractivity contribution in [1.82, 2.24) is 10.2 Å². The molecule has 0 radical (unpaired) electrons. The summed E-state index contributed by atoms with van der Waals surface area (Å²) in [7, 11) is 0. The van der Waals surface area contributed by atoms with Gasteiger partial charge in [-0.25, -0.2) is 0 Å². The lowest BCUT2D eigenvalue weighted by Gasteiger charge is -2.43. The Morgan fingerprint density at radius 2 is 1.84 bits per heavy atom. The monoisotopic (exact) mass is 435 g/mol. The van der Waals surface area contributed by atoms with E-state index in [1.165, 1.54) is 42.5 Å². The van der Waals surface area contributed by atoms with Gasteiger partial charge in [-0.05, 0) is 47.9 Å². The van der Waals surface area contributed by atoms with Gasteiger partial charge in [0.1, 0.15) is 12.8 Å². The Morgan fingerprint density at radius 3 is 2.61 bits per heavy atom. The SMILES string of the molecule is Clc1ccc(C2(CC3N=CC(OCc4ccccc4)=C4CNCCN43)CCCC2)cc1. The zero-order valence-corrected chi connectivity index (χ0v) is 18.7. The molecule has 1 saturated carbocycles. The number of rotatable bonds is 6. The molecule has 31 heavy (non-hydrogen) atoms. The smallest absolute Gasteiger partial charge is 0.158 e. The number of nitrogens with one attached hydrogen (secondary N) is 1. The van der Waals surface area contributed by atoms with Crippen molar-refractivity contribution < 1.29 is 4.74 Å². The summed E-state index contributed by atoms with van der Waals surface area (Å²) in [6, 6.07) is 18.8. The number of ether oxygens (including phenoxy) is 1. The Bertz CT molecular complexity index is 948. The van der Waals surface area contributed by atoms with Crippen molar-refractivity contribution in [3.63, 3.8) is 0 Å². The van der Waals surface area contributed by atoms with Crippen molar-refractivity contribution in [3.8, 4) is 0 Å². The van der Waals surface area contributed by atoms with Gasteiger partial charge in [0, 0.05) is 24.7 Å². The second-order valence-corrected chi connectivity index (χ2v) is 9.35. The van der Waals surface area contributed by atoms with Crippen LogP contribution in [0, 0.1) is 0 Å². The van der Waals surface area contributed by atoms with Crippen LogP contribution in [0.4, 0.5) is 0 Å². The average molecular weight is 436 g/mol. The van der Waals surface area contributed by atoms with Crippen LogP contribution in [0.3, 0.4) is 0 Å². The van der Waals surface area contributed by atoms with E-state index in [4.69, 9.17) is 21.3 Å². The Kier molecular flexibility index (Phi) is 6.02. The Hall–Kier alpha value is -2.30. The standard InChI is InChI=1S/C26H30ClN3O/c27-22-10-8-21(9-11-22)26(12-4-5-13-26)16-25-29-18-24(23-17-28-14-15-30(23)25)31-19-20-6-2-1-3-7-20/h1-3,6-11,18,25,28H,4-5,12-17,19H2. The van der Waals surface area contributed by atoms with Crippen LogP contribution in [0.2, 0.25) is 5.02 Å². The fraction of sp³-hybridized carbons (Fsp3) is 0.423. The van der Waals surface area contributed by atoms with E-state index in [2.05, 4.69) is 34.5 Å². The first-order valence-corrected chi connectivity index (χ1v) is 11.8. The van der Waals surface area contributed by atoms with Crippen LogP contribution in [0.25, 0.3) is 0 Å². The zero-order chi connectivity index (χ0) is 21.1. The predicted molar refractivity (Wildman–Crippen MR) is 126 cm³/mol. The maximum absolute atomic E-state index is 6.21. The van der Waals surface area contributed by atoms with E-state index in [9.17, 15) is 0 Å². The minimum atomic E-state index is 0.162. The second-order valence-electron chi connectivity index (χ2n) is 8.91. The fourth-order valence-electron chi connectivity index (χ4n) is 5.34. The molecule has 0 spiro atoms. The molecule has 0 aromatic heterocycles. The number of hydrogen-bond donors (Lipinski definition) is 1. The van der Waals surface area contributed by atoms with E-state index in [1.807, 2.05) is 36.5 Å². The van der Waals surface area contributed by atoms with Gasteiger partial charge in [-0.1, -0.05) is 66.9 Å². The van der Waals surface area contributed by atoms with E-state index >= 15 is 0 Å². The topological polar surface area (TPSA) is 36.9 Å². The highest BCUT2D eigenvalue weighted by molar-refractivity contribution is 6.30. The molecule has 0 bridgehead atoms. The summed E-state index contributed by atoms with van der Waals surface area (Å²) in [5, 5.41) is 4.32. The lowest BCUT2D eigenvalue weighted by Crippen LogP contribution is -2.50. The second kappa shape index (κ2) is 9.05. The quantitative estimate of drug-likeness (QED) is 0.670. The van der Waals surface area contributed by atoms with Gasteiger partial charge in [0.2, 0.25) is 0 Å². The number of aliphatic imine (C=N–C) groups is 1. The van der Waals surface area contributed by atoms with Gasteiger partial charge in [-0.2, -0.15) is 0 Å². The first-order valence-electron chi connectivity index (χ1n) is 11.4. The lowest BCUT2D eigenvalue weighted by molar-refractivity contribution is 0.147. The highest BCUT2D eigenvalue weighted by Crippen LogP contribution is 2.46. The molecule has 5 heteroatoms. The summed E-state index contributed by atoms with van der Waals surface area (Å²) in [6.07, 6.45) is 8.20. The van der Waals surface area contributed by atoms with E-state index in [0.29, 0.717) is 6.61 Å². The van der Waals surface area contributed by atoms with Crippen molar-refractivity contribution in [1.29, 1.82) is 0 Å². The molecule has 3 aliphatic rings. The van der Waals surface area contributed by atoms with Crippen molar-refractivity contribution >= 4 is 17.8 Å². The molecule has 2 fully saturated rings. The van der Waals surface area contributed by atoms with Gasteiger partial charge < -0.3 is 15.0 Å². The first kappa shape index (κ1) is 20.6. The number of benzene rings is 2. The van der Waals surface area contributed by atoms with E-state index in [1.54, 1.807) is 0 Å². The van der Waals surface area contributed by atoms with Crippen molar-refractivity contribution in [2.45, 2.75) is 50.3 Å². The normalized spacial score (nSPS) is 22.5. The first-order chi connectivity index (χ1) is 15.2. The molecule has 2 aromatic carbocycles. The molecule has 1 unspecified atom stereocenters. The zero-order valence-electron chi connectivity index (χ0n) is 17.9. The van der Waals surface area contributed by atoms with Crippen LogP contribution in [0.1, 0.15) is 43.2 Å². The minimum absolute atomic E-state index is 0.162. The van der Waals surface area contributed by atoms with Crippen LogP contribution >= 0.6 is 11.6 Å². The van der Waals surface area contributed by atoms with E-state index < -0.39 is 0 Å². The highest BCUT2D eigenvalue weighted by Gasteiger charge is 2.41. The third kappa shape index (κ3) is 4.37. The number of piperazine rings is 1. The Morgan fingerprint density at radius 1 is 1.06 bits per heavy atom. The number of halogens is 1. The molecular formula is C26H30ClN3O. The van der Waals surface area contributed by atoms with Crippen LogP contribution in [-0.2, 0) is 16.8 Å². The molecule has 5 rings (SSSR count). The Balaban J connectivity index is 1.36. The summed E-state index contributed by atoms with van der Waals surface area (Å²) in [6.45, 7) is 3.35. The molecule has 1 aliphatic carbocycles. The summed E-state index contributed by atoms with van der Waals surface area (Å²) < 4.78 is 6.21. The van der Waals surface area contributed by atoms with Crippen LogP contribution in [0.5, 0.6) is 0 Å². The van der Waals surface area contributed by atoms with Gasteiger partial charge >= 0.3 is 0 Å². The molecule has 4 nitrogen and oxygen atoms in total. The molecule has 2 aliphatic heterocycles. The largest absolute Gasteiger partial charge is 0.485 e. The molecule has 1 atom stereocenters. The van der Waals surface area contributed by atoms with Crippen LogP contribution in [-0.4, -0.2) is 36.9 Å². The molecule has 0 amide bonds. The van der Waals surface area contributed by atoms with Gasteiger partial charge in [0.25, 0.3) is 0 Å². The summed E-state index contributed by atoms with van der Waals surface area (Å²) in [5.41, 5.74) is 4.02. The summed E-state index contributed by atoms with van der Waals surface area (Å²) in [4.78, 5) is 7.50. The molecule has 1 saturated heterocycles. The highest BCUT2D eigenvalue weighted by atomic mass is 35.5. The maximum Gasteiger partial charge on any atom is 0.158 e. The third-order valence-electron chi connectivity index (χ3n) is 7.00. The summed E-state index contributed by atoms with van der Waals surface area (Å²) in [5.74, 6) is 0.902. The number of hydrogen-bond acceptors (Lipinski definition) is 4. The predicted octanol–water partition coefficient (Wildman–Crippen LogP) is 5.29. The number of nitrogens with zero attached hydrogens (tertiary/aromatic N) is 2. The number of allylic oxidation sites excluding steroid dienone is 1. The average Bonchev–Trinajstić information content (AvgIpc) is 3.29. The fourth-order valence-corrected chi connectivity index (χ4v) is 5.47. The van der Waals surface area contributed by atoms with E-state index in [-0.39, 0.29) is 11.6 Å². The molecule has 2 aromatic rings. The van der Waals surface area contributed by atoms with Gasteiger partial charge in [0.15, 0.2) is 5.76 Å². The molecule has 1 N–H and O–H groups in total. The van der Waals surface area contributed by atoms with Gasteiger partial charge in [-0.15, -0.1) is 0 Å². The van der Waals surface area contributed by atoms with Crippen molar-refractivity contribution in [3.05, 3.63) is 82.2 Å². The van der Waals surface area contributed by atoms with Crippen LogP contribution < -0.4 is 5.32 Å². The molecule has 2 heterocycles. The molecule has 162 valence electrons. The lowest BCUT2D eigenvalue weighted by atomic mass is 9.75. The van der Waals surface area contributed by atoms with Crippen LogP contribution in [0.15, 0.2) is 71.0 Å². The van der Waals surface area contributed by atoms with Crippen molar-refractivity contribution in [2.75, 3.05) is 19.6 Å². The van der Waals surface area contributed by atoms with E-state index in [0.717, 1.165) is 36.8 Å². The minimum Gasteiger partial charge on any atom is -0.485 e. The van der Waals surface area contributed by atoms with Gasteiger partial charge in [-0.3, -0.25) is 4.99 Å².